The maximum Gasteiger partial charge on any atom is 0.242 e. The second kappa shape index (κ2) is 10.9. The van der Waals surface area contributed by atoms with Gasteiger partial charge in [0.25, 0.3) is 0 Å². The Bertz CT molecular complexity index is 1560. The fraction of sp³-hybridized carbons (Fsp3) is 0.208. The number of aliphatic hydroxyl groups excluding tert-OH is 1. The van der Waals surface area contributed by atoms with Gasteiger partial charge in [0.2, 0.25) is 21.9 Å². The molecule has 4 aromatic rings. The van der Waals surface area contributed by atoms with Gasteiger partial charge in [-0.05, 0) is 37.3 Å². The third kappa shape index (κ3) is 5.72. The number of rotatable bonds is 8. The highest BCUT2D eigenvalue weighted by atomic mass is 79.9. The summed E-state index contributed by atoms with van der Waals surface area (Å²) in [5.41, 5.74) is 7.38. The molecule has 0 amide bonds. The van der Waals surface area contributed by atoms with E-state index in [2.05, 4.69) is 46.2 Å². The topological polar surface area (TPSA) is 169 Å². The van der Waals surface area contributed by atoms with Gasteiger partial charge in [0.1, 0.15) is 17.7 Å². The number of anilines is 3. The van der Waals surface area contributed by atoms with Gasteiger partial charge in [-0.15, -0.1) is 0 Å². The van der Waals surface area contributed by atoms with Gasteiger partial charge in [-0.25, -0.2) is 27.7 Å². The predicted molar refractivity (Wildman–Crippen MR) is 145 cm³/mol. The highest BCUT2D eigenvalue weighted by Gasteiger charge is 2.27. The first kappa shape index (κ1) is 27.3. The number of nitrogens with zero attached hydrogens (tertiary/aromatic N) is 6. The van der Waals surface area contributed by atoms with Crippen molar-refractivity contribution in [2.45, 2.75) is 17.9 Å². The molecule has 0 bridgehead atoms. The van der Waals surface area contributed by atoms with Crippen LogP contribution >= 0.6 is 15.9 Å². The number of nitrogen functional groups attached to an aromatic ring is 1. The first-order chi connectivity index (χ1) is 18.0. The van der Waals surface area contributed by atoms with Crippen molar-refractivity contribution in [1.29, 1.82) is 0 Å². The molecule has 3 aromatic heterocycles. The Morgan fingerprint density at radius 1 is 1.08 bits per heavy atom. The van der Waals surface area contributed by atoms with Crippen LogP contribution in [0.3, 0.4) is 0 Å². The number of benzene rings is 1. The number of ether oxygens (including phenoxy) is 1. The van der Waals surface area contributed by atoms with Gasteiger partial charge in [-0.3, -0.25) is 0 Å². The number of halogens is 1. The second-order valence-electron chi connectivity index (χ2n) is 8.32. The van der Waals surface area contributed by atoms with Crippen LogP contribution in [0.25, 0.3) is 11.4 Å². The standard InChI is InChI=1S/C24H25BrN8O4S/c1-13-29-23(32-24(26)30-13)18-9-14(11-28-22(18)31-16-6-8-20(37-4)27-12-16)21(34)17-10-15(25)5-7-19(17)38(35,36)33(2)3/h5-12,21,34H,1-4H3,(H,28,31)(H2,26,29,30,32). The quantitative estimate of drug-likeness (QED) is 0.271. The van der Waals surface area contributed by atoms with E-state index in [1.807, 2.05) is 0 Å². The van der Waals surface area contributed by atoms with E-state index in [9.17, 15) is 13.5 Å². The lowest BCUT2D eigenvalue weighted by Crippen LogP contribution is -2.24. The molecular formula is C24H25BrN8O4S. The molecule has 4 rings (SSSR count). The molecule has 4 N–H and O–H groups in total. The van der Waals surface area contributed by atoms with Gasteiger partial charge in [0.15, 0.2) is 5.82 Å². The number of nitrogens with two attached hydrogens (primary N) is 1. The number of nitrogens with one attached hydrogen (secondary N) is 1. The molecule has 0 aliphatic rings. The molecule has 0 saturated carbocycles. The largest absolute Gasteiger partial charge is 0.481 e. The zero-order valence-electron chi connectivity index (χ0n) is 20.9. The molecule has 12 nitrogen and oxygen atoms in total. The van der Waals surface area contributed by atoms with Crippen LogP contribution in [-0.2, 0) is 10.0 Å². The van der Waals surface area contributed by atoms with Crippen molar-refractivity contribution in [2.24, 2.45) is 0 Å². The average molecular weight is 601 g/mol. The van der Waals surface area contributed by atoms with Crippen LogP contribution in [0.2, 0.25) is 0 Å². The summed E-state index contributed by atoms with van der Waals surface area (Å²) in [4.78, 5) is 21.3. The van der Waals surface area contributed by atoms with Crippen LogP contribution in [0.4, 0.5) is 17.5 Å². The van der Waals surface area contributed by atoms with Gasteiger partial charge < -0.3 is 20.9 Å². The Morgan fingerprint density at radius 3 is 2.47 bits per heavy atom. The van der Waals surface area contributed by atoms with E-state index >= 15 is 0 Å². The molecule has 0 fully saturated rings. The summed E-state index contributed by atoms with van der Waals surface area (Å²) in [6.45, 7) is 1.67. The third-order valence-corrected chi connectivity index (χ3v) is 7.85. The Balaban J connectivity index is 1.85. The molecule has 0 aliphatic carbocycles. The monoisotopic (exact) mass is 600 g/mol. The molecule has 0 radical (unpaired) electrons. The van der Waals surface area contributed by atoms with Crippen molar-refractivity contribution < 1.29 is 18.3 Å². The number of aryl methyl sites for hydroxylation is 1. The van der Waals surface area contributed by atoms with E-state index in [0.717, 1.165) is 4.31 Å². The van der Waals surface area contributed by atoms with Gasteiger partial charge >= 0.3 is 0 Å². The summed E-state index contributed by atoms with van der Waals surface area (Å²) in [6.07, 6.45) is 1.66. The molecule has 0 spiro atoms. The third-order valence-electron chi connectivity index (χ3n) is 5.46. The minimum absolute atomic E-state index is 0.0156. The number of aromatic nitrogens is 5. The fourth-order valence-electron chi connectivity index (χ4n) is 3.58. The van der Waals surface area contributed by atoms with Gasteiger partial charge in [-0.1, -0.05) is 15.9 Å². The molecule has 1 unspecified atom stereocenters. The van der Waals surface area contributed by atoms with Crippen LogP contribution in [0, 0.1) is 6.92 Å². The molecule has 1 aromatic carbocycles. The van der Waals surface area contributed by atoms with E-state index < -0.39 is 16.1 Å². The number of methoxy groups -OCH3 is 1. The van der Waals surface area contributed by atoms with E-state index in [4.69, 9.17) is 10.5 Å². The van der Waals surface area contributed by atoms with Crippen molar-refractivity contribution in [3.8, 4) is 17.3 Å². The maximum absolute atomic E-state index is 13.0. The average Bonchev–Trinajstić information content (AvgIpc) is 2.88. The fourth-order valence-corrected chi connectivity index (χ4v) is 5.06. The van der Waals surface area contributed by atoms with Crippen molar-refractivity contribution >= 4 is 43.4 Å². The minimum atomic E-state index is -3.85. The van der Waals surface area contributed by atoms with E-state index in [0.29, 0.717) is 38.8 Å². The highest BCUT2D eigenvalue weighted by molar-refractivity contribution is 9.10. The van der Waals surface area contributed by atoms with Gasteiger partial charge in [0.05, 0.1) is 29.5 Å². The van der Waals surface area contributed by atoms with Crippen molar-refractivity contribution in [2.75, 3.05) is 32.3 Å². The van der Waals surface area contributed by atoms with Crippen molar-refractivity contribution in [1.82, 2.24) is 29.2 Å². The summed E-state index contributed by atoms with van der Waals surface area (Å²) >= 11 is 3.37. The van der Waals surface area contributed by atoms with Crippen molar-refractivity contribution in [3.05, 3.63) is 70.2 Å². The van der Waals surface area contributed by atoms with Crippen LogP contribution in [0.5, 0.6) is 5.88 Å². The molecule has 14 heteroatoms. The zero-order chi connectivity index (χ0) is 27.6. The Labute approximate surface area is 228 Å². The SMILES string of the molecule is COc1ccc(Nc2ncc(C(O)c3cc(Br)ccc3S(=O)(=O)N(C)C)cc2-c2nc(C)nc(N)n2)cn1. The number of pyridine rings is 2. The molecule has 198 valence electrons. The van der Waals surface area contributed by atoms with Crippen LogP contribution in [-0.4, -0.2) is 64.0 Å². The van der Waals surface area contributed by atoms with Crippen LogP contribution in [0.15, 0.2) is 58.2 Å². The van der Waals surface area contributed by atoms with E-state index in [1.165, 1.54) is 33.5 Å². The van der Waals surface area contributed by atoms with Crippen LogP contribution in [0.1, 0.15) is 23.1 Å². The first-order valence-corrected chi connectivity index (χ1v) is 13.4. The highest BCUT2D eigenvalue weighted by Crippen LogP contribution is 2.35. The maximum atomic E-state index is 13.0. The molecule has 0 saturated heterocycles. The lowest BCUT2D eigenvalue weighted by Gasteiger charge is -2.20. The number of hydrogen-bond acceptors (Lipinski definition) is 11. The van der Waals surface area contributed by atoms with E-state index in [-0.39, 0.29) is 22.2 Å². The molecule has 1 atom stereocenters. The lowest BCUT2D eigenvalue weighted by atomic mass is 10.0. The Hall–Kier alpha value is -3.72. The van der Waals surface area contributed by atoms with Gasteiger partial charge in [-0.2, -0.15) is 9.97 Å². The Morgan fingerprint density at radius 2 is 1.84 bits per heavy atom. The Kier molecular flexibility index (Phi) is 7.87. The smallest absolute Gasteiger partial charge is 0.242 e. The predicted octanol–water partition coefficient (Wildman–Crippen LogP) is 3.07. The van der Waals surface area contributed by atoms with Crippen molar-refractivity contribution in [3.63, 3.8) is 0 Å². The normalized spacial score (nSPS) is 12.4. The summed E-state index contributed by atoms with van der Waals surface area (Å²) in [7, 11) is 0.520. The summed E-state index contributed by atoms with van der Waals surface area (Å²) in [6, 6.07) is 9.66. The van der Waals surface area contributed by atoms with E-state index in [1.54, 1.807) is 43.5 Å². The minimum Gasteiger partial charge on any atom is -0.481 e. The second-order valence-corrected chi connectivity index (χ2v) is 11.4. The van der Waals surface area contributed by atoms with Gasteiger partial charge in [0, 0.05) is 42.0 Å². The lowest BCUT2D eigenvalue weighted by molar-refractivity contribution is 0.216. The summed E-state index contributed by atoms with van der Waals surface area (Å²) in [5.74, 6) is 1.42. The first-order valence-electron chi connectivity index (χ1n) is 11.1. The number of hydrogen-bond donors (Lipinski definition) is 3. The number of aliphatic hydroxyl groups is 1. The summed E-state index contributed by atoms with van der Waals surface area (Å²) < 4.78 is 32.8. The number of sulfonamides is 1. The summed E-state index contributed by atoms with van der Waals surface area (Å²) in [5, 5.41) is 14.6. The zero-order valence-corrected chi connectivity index (χ0v) is 23.3. The molecule has 0 aliphatic heterocycles. The molecule has 38 heavy (non-hydrogen) atoms. The molecule has 3 heterocycles. The molecular weight excluding hydrogens is 576 g/mol. The van der Waals surface area contributed by atoms with Crippen LogP contribution < -0.4 is 15.8 Å².